The minimum atomic E-state index is -0.487. The van der Waals surface area contributed by atoms with Gasteiger partial charge in [0.1, 0.15) is 5.75 Å². The van der Waals surface area contributed by atoms with Crippen LogP contribution in [0.2, 0.25) is 0 Å². The second-order valence-electron chi connectivity index (χ2n) is 5.31. The van der Waals surface area contributed by atoms with Gasteiger partial charge in [-0.25, -0.2) is 4.39 Å². The van der Waals surface area contributed by atoms with Crippen molar-refractivity contribution in [1.82, 2.24) is 5.32 Å². The summed E-state index contributed by atoms with van der Waals surface area (Å²) in [6, 6.07) is 13.5. The van der Waals surface area contributed by atoms with Gasteiger partial charge in [-0.05, 0) is 43.7 Å². The molecule has 0 bridgehead atoms. The van der Waals surface area contributed by atoms with Crippen LogP contribution in [0.15, 0.2) is 48.5 Å². The Balaban J connectivity index is 1.81. The molecule has 1 amide bonds. The molecule has 0 aliphatic heterocycles. The molecule has 2 aromatic rings. The first-order valence-corrected chi connectivity index (χ1v) is 7.44. The number of rotatable bonds is 7. The Hall–Kier alpha value is -2.56. The lowest BCUT2D eigenvalue weighted by molar-refractivity contribution is -0.123. The molecule has 1 N–H and O–H groups in total. The number of para-hydroxylation sites is 1. The molecular weight excluding hydrogens is 297 g/mol. The van der Waals surface area contributed by atoms with Crippen molar-refractivity contribution in [2.45, 2.75) is 26.5 Å². The zero-order valence-electron chi connectivity index (χ0n) is 13.2. The van der Waals surface area contributed by atoms with Crippen LogP contribution in [0, 0.1) is 5.82 Å². The average molecular weight is 317 g/mol. The second-order valence-corrected chi connectivity index (χ2v) is 5.31. The Labute approximate surface area is 135 Å². The Morgan fingerprint density at radius 3 is 2.70 bits per heavy atom. The van der Waals surface area contributed by atoms with Crippen LogP contribution in [0.4, 0.5) is 4.39 Å². The summed E-state index contributed by atoms with van der Waals surface area (Å²) in [7, 11) is 0. The molecule has 2 rings (SSSR count). The van der Waals surface area contributed by atoms with Gasteiger partial charge in [-0.3, -0.25) is 4.79 Å². The number of carbonyl (C=O) groups excluding carboxylic acids is 1. The fourth-order valence-corrected chi connectivity index (χ4v) is 1.96. The number of nitrogens with one attached hydrogen (secondary N) is 1. The van der Waals surface area contributed by atoms with Gasteiger partial charge in [-0.2, -0.15) is 0 Å². The maximum Gasteiger partial charge on any atom is 0.258 e. The number of amides is 1. The number of ether oxygens (including phenoxy) is 2. The fraction of sp³-hybridized carbons (Fsp3) is 0.278. The number of hydrogen-bond donors (Lipinski definition) is 1. The van der Waals surface area contributed by atoms with Crippen molar-refractivity contribution in [3.8, 4) is 11.5 Å². The van der Waals surface area contributed by atoms with Gasteiger partial charge in [-0.1, -0.05) is 24.3 Å². The molecule has 0 aromatic heterocycles. The van der Waals surface area contributed by atoms with Crippen molar-refractivity contribution in [1.29, 1.82) is 0 Å². The molecule has 0 saturated heterocycles. The Morgan fingerprint density at radius 2 is 1.96 bits per heavy atom. The van der Waals surface area contributed by atoms with E-state index in [0.29, 0.717) is 6.54 Å². The van der Waals surface area contributed by atoms with Crippen LogP contribution in [-0.4, -0.2) is 18.6 Å². The van der Waals surface area contributed by atoms with Gasteiger partial charge in [0.15, 0.2) is 18.2 Å². The van der Waals surface area contributed by atoms with E-state index in [4.69, 9.17) is 9.47 Å². The van der Waals surface area contributed by atoms with Crippen LogP contribution in [0.1, 0.15) is 19.4 Å². The summed E-state index contributed by atoms with van der Waals surface area (Å²) in [5, 5.41) is 2.73. The van der Waals surface area contributed by atoms with E-state index in [1.165, 1.54) is 12.1 Å². The highest BCUT2D eigenvalue weighted by Crippen LogP contribution is 2.16. The predicted molar refractivity (Wildman–Crippen MR) is 85.9 cm³/mol. The van der Waals surface area contributed by atoms with Crippen LogP contribution >= 0.6 is 0 Å². The number of halogens is 1. The van der Waals surface area contributed by atoms with Gasteiger partial charge < -0.3 is 14.8 Å². The Morgan fingerprint density at radius 1 is 1.17 bits per heavy atom. The van der Waals surface area contributed by atoms with E-state index in [1.807, 2.05) is 38.1 Å². The van der Waals surface area contributed by atoms with E-state index in [0.717, 1.165) is 11.3 Å². The molecule has 122 valence electrons. The summed E-state index contributed by atoms with van der Waals surface area (Å²) in [6.07, 6.45) is 0.0917. The predicted octanol–water partition coefficient (Wildman–Crippen LogP) is 3.31. The lowest BCUT2D eigenvalue weighted by atomic mass is 10.2. The minimum Gasteiger partial charge on any atom is -0.491 e. The molecule has 0 aliphatic carbocycles. The Kier molecular flexibility index (Phi) is 5.97. The van der Waals surface area contributed by atoms with Crippen LogP contribution in [-0.2, 0) is 11.3 Å². The largest absolute Gasteiger partial charge is 0.491 e. The Bertz CT molecular complexity index is 658. The quantitative estimate of drug-likeness (QED) is 0.852. The van der Waals surface area contributed by atoms with Gasteiger partial charge in [0.2, 0.25) is 0 Å². The van der Waals surface area contributed by atoms with Gasteiger partial charge >= 0.3 is 0 Å². The maximum absolute atomic E-state index is 13.4. The van der Waals surface area contributed by atoms with E-state index in [2.05, 4.69) is 5.32 Å². The third-order valence-electron chi connectivity index (χ3n) is 2.96. The van der Waals surface area contributed by atoms with Gasteiger partial charge in [0.05, 0.1) is 6.10 Å². The third-order valence-corrected chi connectivity index (χ3v) is 2.96. The zero-order chi connectivity index (χ0) is 16.7. The molecule has 0 unspecified atom stereocenters. The van der Waals surface area contributed by atoms with E-state index < -0.39 is 5.82 Å². The molecule has 5 heteroatoms. The normalized spacial score (nSPS) is 10.4. The van der Waals surface area contributed by atoms with Crippen LogP contribution < -0.4 is 14.8 Å². The highest BCUT2D eigenvalue weighted by molar-refractivity contribution is 5.77. The first kappa shape index (κ1) is 16.8. The third kappa shape index (κ3) is 5.62. The summed E-state index contributed by atoms with van der Waals surface area (Å²) in [5.74, 6) is 0.0200. The summed E-state index contributed by atoms with van der Waals surface area (Å²) in [6.45, 7) is 4.03. The second kappa shape index (κ2) is 8.17. The smallest absolute Gasteiger partial charge is 0.258 e. The van der Waals surface area contributed by atoms with Crippen molar-refractivity contribution in [3.05, 3.63) is 59.9 Å². The topological polar surface area (TPSA) is 47.6 Å². The summed E-state index contributed by atoms with van der Waals surface area (Å²) >= 11 is 0. The molecule has 4 nitrogen and oxygen atoms in total. The van der Waals surface area contributed by atoms with Crippen molar-refractivity contribution in [2.24, 2.45) is 0 Å². The van der Waals surface area contributed by atoms with Crippen LogP contribution in [0.5, 0.6) is 11.5 Å². The molecule has 0 saturated carbocycles. The van der Waals surface area contributed by atoms with Crippen LogP contribution in [0.3, 0.4) is 0 Å². The SMILES string of the molecule is CC(C)Oc1cccc(CNC(=O)COc2ccccc2F)c1. The molecule has 0 atom stereocenters. The monoisotopic (exact) mass is 317 g/mol. The first-order chi connectivity index (χ1) is 11.0. The lowest BCUT2D eigenvalue weighted by Crippen LogP contribution is -2.28. The highest BCUT2D eigenvalue weighted by Gasteiger charge is 2.06. The summed E-state index contributed by atoms with van der Waals surface area (Å²) in [5.41, 5.74) is 0.919. The van der Waals surface area contributed by atoms with E-state index in [9.17, 15) is 9.18 Å². The summed E-state index contributed by atoms with van der Waals surface area (Å²) < 4.78 is 24.1. The minimum absolute atomic E-state index is 0.0648. The van der Waals surface area contributed by atoms with E-state index in [-0.39, 0.29) is 24.4 Å². The standard InChI is InChI=1S/C18H20FNO3/c1-13(2)23-15-7-5-6-14(10-15)11-20-18(21)12-22-17-9-4-3-8-16(17)19/h3-10,13H,11-12H2,1-2H3,(H,20,21). The highest BCUT2D eigenvalue weighted by atomic mass is 19.1. The molecule has 0 heterocycles. The van der Waals surface area contributed by atoms with Gasteiger partial charge in [-0.15, -0.1) is 0 Å². The maximum atomic E-state index is 13.4. The lowest BCUT2D eigenvalue weighted by Gasteiger charge is -2.11. The molecule has 2 aromatic carbocycles. The van der Waals surface area contributed by atoms with Crippen molar-refractivity contribution in [2.75, 3.05) is 6.61 Å². The molecule has 23 heavy (non-hydrogen) atoms. The van der Waals surface area contributed by atoms with E-state index in [1.54, 1.807) is 12.1 Å². The van der Waals surface area contributed by atoms with Crippen molar-refractivity contribution < 1.29 is 18.7 Å². The van der Waals surface area contributed by atoms with Crippen LogP contribution in [0.25, 0.3) is 0 Å². The molecular formula is C18H20FNO3. The van der Waals surface area contributed by atoms with Gasteiger partial charge in [0.25, 0.3) is 5.91 Å². The molecule has 0 spiro atoms. The fourth-order valence-electron chi connectivity index (χ4n) is 1.96. The van der Waals surface area contributed by atoms with Crippen molar-refractivity contribution in [3.63, 3.8) is 0 Å². The first-order valence-electron chi connectivity index (χ1n) is 7.44. The number of benzene rings is 2. The average Bonchev–Trinajstić information content (AvgIpc) is 2.52. The zero-order valence-corrected chi connectivity index (χ0v) is 13.2. The number of carbonyl (C=O) groups is 1. The number of hydrogen-bond acceptors (Lipinski definition) is 3. The van der Waals surface area contributed by atoms with Crippen molar-refractivity contribution >= 4 is 5.91 Å². The summed E-state index contributed by atoms with van der Waals surface area (Å²) in [4.78, 5) is 11.8. The molecule has 0 radical (unpaired) electrons. The molecule has 0 fully saturated rings. The van der Waals surface area contributed by atoms with Gasteiger partial charge in [0, 0.05) is 6.54 Å². The molecule has 0 aliphatic rings. The van der Waals surface area contributed by atoms with E-state index >= 15 is 0 Å².